The Morgan fingerprint density at radius 1 is 1.20 bits per heavy atom. The van der Waals surface area contributed by atoms with E-state index in [1.54, 1.807) is 33.8 Å². The van der Waals surface area contributed by atoms with Crippen LogP contribution < -0.4 is 5.32 Å². The molecule has 1 amide bonds. The Bertz CT molecular complexity index is 747. The lowest BCUT2D eigenvalue weighted by atomic mass is 10.2. The fourth-order valence-electron chi connectivity index (χ4n) is 2.19. The molecule has 1 aromatic heterocycles. The molecule has 1 aromatic carbocycles. The Hall–Kier alpha value is -2.83. The number of ether oxygens (including phenoxy) is 2. The largest absolute Gasteiger partial charge is 0.464 e. The lowest BCUT2D eigenvalue weighted by Gasteiger charge is -2.21. The quantitative estimate of drug-likeness (QED) is 0.860. The lowest BCUT2D eigenvalue weighted by Crippen LogP contribution is -2.34. The van der Waals surface area contributed by atoms with Crippen LogP contribution in [0.25, 0.3) is 5.69 Å². The van der Waals surface area contributed by atoms with Crippen LogP contribution in [-0.4, -0.2) is 34.6 Å². The number of rotatable bonds is 4. The maximum absolute atomic E-state index is 12.1. The van der Waals surface area contributed by atoms with E-state index in [4.69, 9.17) is 9.47 Å². The van der Waals surface area contributed by atoms with Crippen molar-refractivity contribution in [2.45, 2.75) is 39.3 Å². The van der Waals surface area contributed by atoms with Gasteiger partial charge in [-0.25, -0.2) is 14.3 Å². The average molecular weight is 345 g/mol. The standard InChI is InChI=1S/C18H23N3O4/c1-12(19-17(23)25-18(2,3)4)14-11-15(16(22)24-5)21(20-14)13-9-7-6-8-10-13/h6-12H,1-5H3,(H,19,23)/t12-/m0/s1. The number of para-hydroxylation sites is 1. The fourth-order valence-corrected chi connectivity index (χ4v) is 2.19. The van der Waals surface area contributed by atoms with Crippen molar-refractivity contribution in [1.29, 1.82) is 0 Å². The van der Waals surface area contributed by atoms with Crippen LogP contribution in [0.3, 0.4) is 0 Å². The summed E-state index contributed by atoms with van der Waals surface area (Å²) in [6.07, 6.45) is -0.547. The first kappa shape index (κ1) is 18.5. The highest BCUT2D eigenvalue weighted by molar-refractivity contribution is 5.88. The predicted octanol–water partition coefficient (Wildman–Crippen LogP) is 3.24. The van der Waals surface area contributed by atoms with E-state index in [0.717, 1.165) is 5.69 Å². The molecule has 0 radical (unpaired) electrons. The number of aromatic nitrogens is 2. The highest BCUT2D eigenvalue weighted by Crippen LogP contribution is 2.19. The Kier molecular flexibility index (Phi) is 5.46. The monoisotopic (exact) mass is 345 g/mol. The molecular weight excluding hydrogens is 322 g/mol. The van der Waals surface area contributed by atoms with Gasteiger partial charge in [0.2, 0.25) is 0 Å². The van der Waals surface area contributed by atoms with E-state index in [9.17, 15) is 9.59 Å². The molecule has 1 N–H and O–H groups in total. The number of hydrogen-bond acceptors (Lipinski definition) is 5. The second-order valence-electron chi connectivity index (χ2n) is 6.56. The molecule has 2 rings (SSSR count). The van der Waals surface area contributed by atoms with Crippen LogP contribution in [-0.2, 0) is 9.47 Å². The van der Waals surface area contributed by atoms with Crippen molar-refractivity contribution in [3.05, 3.63) is 47.8 Å². The van der Waals surface area contributed by atoms with E-state index in [1.807, 2.05) is 30.3 Å². The van der Waals surface area contributed by atoms with Crippen molar-refractivity contribution in [3.8, 4) is 5.69 Å². The molecule has 1 atom stereocenters. The minimum atomic E-state index is -0.593. The summed E-state index contributed by atoms with van der Waals surface area (Å²) in [5.41, 5.74) is 0.931. The molecule has 0 fully saturated rings. The fraction of sp³-hybridized carbons (Fsp3) is 0.389. The molecule has 1 heterocycles. The van der Waals surface area contributed by atoms with Crippen LogP contribution >= 0.6 is 0 Å². The van der Waals surface area contributed by atoms with E-state index >= 15 is 0 Å². The zero-order valence-electron chi connectivity index (χ0n) is 15.1. The minimum Gasteiger partial charge on any atom is -0.464 e. The zero-order chi connectivity index (χ0) is 18.6. The number of nitrogens with one attached hydrogen (secondary N) is 1. The molecule has 0 saturated heterocycles. The lowest BCUT2D eigenvalue weighted by molar-refractivity contribution is 0.0506. The molecule has 0 unspecified atom stereocenters. The summed E-state index contributed by atoms with van der Waals surface area (Å²) in [5.74, 6) is -0.507. The predicted molar refractivity (Wildman–Crippen MR) is 92.7 cm³/mol. The first-order valence-electron chi connectivity index (χ1n) is 7.94. The van der Waals surface area contributed by atoms with Gasteiger partial charge in [-0.3, -0.25) is 0 Å². The topological polar surface area (TPSA) is 82.4 Å². The summed E-state index contributed by atoms with van der Waals surface area (Å²) in [6.45, 7) is 7.13. The number of carbonyl (C=O) groups is 2. The van der Waals surface area contributed by atoms with Crippen molar-refractivity contribution in [2.75, 3.05) is 7.11 Å². The van der Waals surface area contributed by atoms with Crippen molar-refractivity contribution in [2.24, 2.45) is 0 Å². The van der Waals surface area contributed by atoms with Gasteiger partial charge in [0.25, 0.3) is 0 Å². The van der Waals surface area contributed by atoms with Gasteiger partial charge in [0.1, 0.15) is 5.60 Å². The minimum absolute atomic E-state index is 0.279. The Morgan fingerprint density at radius 3 is 2.40 bits per heavy atom. The summed E-state index contributed by atoms with van der Waals surface area (Å²) in [6, 6.07) is 10.4. The third-order valence-corrected chi connectivity index (χ3v) is 3.30. The van der Waals surface area contributed by atoms with Gasteiger partial charge in [0.05, 0.1) is 24.5 Å². The van der Waals surface area contributed by atoms with Gasteiger partial charge in [-0.1, -0.05) is 18.2 Å². The number of esters is 1. The number of nitrogens with zero attached hydrogens (tertiary/aromatic N) is 2. The van der Waals surface area contributed by atoms with Gasteiger partial charge in [-0.2, -0.15) is 5.10 Å². The Morgan fingerprint density at radius 2 is 1.84 bits per heavy atom. The van der Waals surface area contributed by atoms with Crippen molar-refractivity contribution in [1.82, 2.24) is 15.1 Å². The van der Waals surface area contributed by atoms with Crippen LogP contribution in [0.15, 0.2) is 36.4 Å². The first-order valence-corrected chi connectivity index (χ1v) is 7.94. The Labute approximate surface area is 146 Å². The second-order valence-corrected chi connectivity index (χ2v) is 6.56. The molecule has 7 nitrogen and oxygen atoms in total. The maximum atomic E-state index is 12.1. The van der Waals surface area contributed by atoms with Crippen molar-refractivity contribution < 1.29 is 19.1 Å². The molecule has 25 heavy (non-hydrogen) atoms. The number of alkyl carbamates (subject to hydrolysis) is 1. The van der Waals surface area contributed by atoms with Gasteiger partial charge in [0.15, 0.2) is 5.69 Å². The summed E-state index contributed by atoms with van der Waals surface area (Å²) in [5, 5.41) is 7.16. The summed E-state index contributed by atoms with van der Waals surface area (Å²) in [7, 11) is 1.31. The average Bonchev–Trinajstić information content (AvgIpc) is 2.98. The van der Waals surface area contributed by atoms with E-state index in [-0.39, 0.29) is 5.69 Å². The van der Waals surface area contributed by atoms with Crippen LogP contribution in [0, 0.1) is 0 Å². The smallest absolute Gasteiger partial charge is 0.408 e. The van der Waals surface area contributed by atoms with Crippen molar-refractivity contribution >= 4 is 12.1 Å². The highest BCUT2D eigenvalue weighted by Gasteiger charge is 2.23. The van der Waals surface area contributed by atoms with Crippen LogP contribution in [0.4, 0.5) is 4.79 Å². The molecule has 0 aliphatic carbocycles. The van der Waals surface area contributed by atoms with Gasteiger partial charge < -0.3 is 14.8 Å². The molecule has 0 bridgehead atoms. The molecule has 0 spiro atoms. The molecule has 7 heteroatoms. The molecule has 134 valence electrons. The van der Waals surface area contributed by atoms with E-state index in [0.29, 0.717) is 5.69 Å². The molecule has 0 aliphatic rings. The summed E-state index contributed by atoms with van der Waals surface area (Å²) in [4.78, 5) is 24.0. The highest BCUT2D eigenvalue weighted by atomic mass is 16.6. The zero-order valence-corrected chi connectivity index (χ0v) is 15.1. The number of carbonyl (C=O) groups excluding carboxylic acids is 2. The summed E-state index contributed by atoms with van der Waals surface area (Å²) < 4.78 is 11.6. The van der Waals surface area contributed by atoms with Gasteiger partial charge in [0, 0.05) is 0 Å². The maximum Gasteiger partial charge on any atom is 0.408 e. The van der Waals surface area contributed by atoms with Gasteiger partial charge in [-0.05, 0) is 45.9 Å². The third kappa shape index (κ3) is 4.82. The van der Waals surface area contributed by atoms with E-state index in [1.165, 1.54) is 11.8 Å². The number of methoxy groups -OCH3 is 1. The van der Waals surface area contributed by atoms with Gasteiger partial charge >= 0.3 is 12.1 Å². The molecule has 0 aliphatic heterocycles. The number of hydrogen-bond donors (Lipinski definition) is 1. The summed E-state index contributed by atoms with van der Waals surface area (Å²) >= 11 is 0. The third-order valence-electron chi connectivity index (χ3n) is 3.30. The SMILES string of the molecule is COC(=O)c1cc([C@H](C)NC(=O)OC(C)(C)C)nn1-c1ccccc1. The molecule has 2 aromatic rings. The number of amides is 1. The Balaban J connectivity index is 2.28. The van der Waals surface area contributed by atoms with Crippen LogP contribution in [0.2, 0.25) is 0 Å². The second kappa shape index (κ2) is 7.38. The normalized spacial score (nSPS) is 12.4. The van der Waals surface area contributed by atoms with E-state index in [2.05, 4.69) is 10.4 Å². The number of benzene rings is 1. The van der Waals surface area contributed by atoms with Crippen LogP contribution in [0.5, 0.6) is 0 Å². The first-order chi connectivity index (χ1) is 11.7. The molecule has 0 saturated carbocycles. The van der Waals surface area contributed by atoms with Gasteiger partial charge in [-0.15, -0.1) is 0 Å². The van der Waals surface area contributed by atoms with Crippen LogP contribution in [0.1, 0.15) is 49.9 Å². The van der Waals surface area contributed by atoms with Crippen molar-refractivity contribution in [3.63, 3.8) is 0 Å². The molecular formula is C18H23N3O4. The van der Waals surface area contributed by atoms with E-state index < -0.39 is 23.7 Å².